The number of carbonyl (C=O) groups is 1. The first-order chi connectivity index (χ1) is 12.2. The SMILES string of the molecule is CCc1cc2cc(C)ccc2nc1SCC(=O)NCc1ccccc1. The molecule has 4 heteroatoms. The minimum Gasteiger partial charge on any atom is -0.351 e. The molecule has 0 saturated carbocycles. The Kier molecular flexibility index (Phi) is 5.71. The first kappa shape index (κ1) is 17.5. The second kappa shape index (κ2) is 8.17. The van der Waals surface area contributed by atoms with Gasteiger partial charge in [-0.1, -0.05) is 60.6 Å². The summed E-state index contributed by atoms with van der Waals surface area (Å²) in [5.41, 5.74) is 4.51. The molecule has 1 heterocycles. The van der Waals surface area contributed by atoms with Crippen molar-refractivity contribution in [2.45, 2.75) is 31.8 Å². The zero-order chi connectivity index (χ0) is 17.6. The molecule has 0 unspecified atom stereocenters. The van der Waals surface area contributed by atoms with Crippen molar-refractivity contribution in [1.82, 2.24) is 10.3 Å². The Balaban J connectivity index is 1.65. The Morgan fingerprint density at radius 3 is 2.68 bits per heavy atom. The van der Waals surface area contributed by atoms with Crippen LogP contribution in [-0.4, -0.2) is 16.6 Å². The Hall–Kier alpha value is -2.33. The number of benzene rings is 2. The summed E-state index contributed by atoms with van der Waals surface area (Å²) in [6.07, 6.45) is 0.908. The van der Waals surface area contributed by atoms with Crippen LogP contribution in [0.5, 0.6) is 0 Å². The number of hydrogen-bond acceptors (Lipinski definition) is 3. The maximum absolute atomic E-state index is 12.1. The van der Waals surface area contributed by atoms with E-state index >= 15 is 0 Å². The molecule has 0 aliphatic rings. The predicted octanol–water partition coefficient (Wildman–Crippen LogP) is 4.51. The minimum atomic E-state index is 0.0294. The van der Waals surface area contributed by atoms with Crippen LogP contribution in [0.2, 0.25) is 0 Å². The van der Waals surface area contributed by atoms with Gasteiger partial charge in [-0.15, -0.1) is 0 Å². The summed E-state index contributed by atoms with van der Waals surface area (Å²) >= 11 is 1.51. The van der Waals surface area contributed by atoms with E-state index in [1.54, 1.807) is 0 Å². The van der Waals surface area contributed by atoms with E-state index in [0.717, 1.165) is 27.9 Å². The summed E-state index contributed by atoms with van der Waals surface area (Å²) < 4.78 is 0. The number of pyridine rings is 1. The molecule has 1 amide bonds. The van der Waals surface area contributed by atoms with Gasteiger partial charge in [0.05, 0.1) is 11.3 Å². The summed E-state index contributed by atoms with van der Waals surface area (Å²) in [5.74, 6) is 0.409. The zero-order valence-electron chi connectivity index (χ0n) is 14.6. The molecule has 0 fully saturated rings. The molecule has 0 radical (unpaired) electrons. The topological polar surface area (TPSA) is 42.0 Å². The van der Waals surface area contributed by atoms with Gasteiger partial charge in [-0.05, 0) is 42.7 Å². The van der Waals surface area contributed by atoms with Crippen LogP contribution in [0.1, 0.15) is 23.6 Å². The molecule has 0 aliphatic heterocycles. The quantitative estimate of drug-likeness (QED) is 0.665. The van der Waals surface area contributed by atoms with E-state index in [-0.39, 0.29) is 5.91 Å². The molecular weight excluding hydrogens is 328 g/mol. The van der Waals surface area contributed by atoms with Gasteiger partial charge in [0.2, 0.25) is 5.91 Å². The van der Waals surface area contributed by atoms with Crippen LogP contribution >= 0.6 is 11.8 Å². The van der Waals surface area contributed by atoms with Gasteiger partial charge in [0.25, 0.3) is 0 Å². The predicted molar refractivity (Wildman–Crippen MR) is 105 cm³/mol. The van der Waals surface area contributed by atoms with E-state index in [1.165, 1.54) is 22.9 Å². The Labute approximate surface area is 152 Å². The standard InChI is InChI=1S/C21H22N2OS/c1-3-17-12-18-11-15(2)9-10-19(18)23-21(17)25-14-20(24)22-13-16-7-5-4-6-8-16/h4-12H,3,13-14H2,1-2H3,(H,22,24). The highest BCUT2D eigenvalue weighted by atomic mass is 32.2. The monoisotopic (exact) mass is 350 g/mol. The van der Waals surface area contributed by atoms with Gasteiger partial charge < -0.3 is 5.32 Å². The third-order valence-corrected chi connectivity index (χ3v) is 5.10. The number of carbonyl (C=O) groups excluding carboxylic acids is 1. The molecule has 0 aliphatic carbocycles. The van der Waals surface area contributed by atoms with Crippen LogP contribution in [0.25, 0.3) is 10.9 Å². The van der Waals surface area contributed by atoms with Crippen molar-refractivity contribution in [2.24, 2.45) is 0 Å². The first-order valence-electron chi connectivity index (χ1n) is 8.49. The maximum atomic E-state index is 12.1. The molecule has 3 aromatic rings. The summed E-state index contributed by atoms with van der Waals surface area (Å²) in [4.78, 5) is 16.9. The van der Waals surface area contributed by atoms with Crippen LogP contribution in [0.15, 0.2) is 59.6 Å². The third kappa shape index (κ3) is 4.60. The molecule has 1 aromatic heterocycles. The number of aryl methyl sites for hydroxylation is 2. The van der Waals surface area contributed by atoms with Crippen molar-refractivity contribution >= 4 is 28.6 Å². The molecule has 1 N–H and O–H groups in total. The lowest BCUT2D eigenvalue weighted by Gasteiger charge is -2.10. The highest BCUT2D eigenvalue weighted by Crippen LogP contribution is 2.26. The smallest absolute Gasteiger partial charge is 0.230 e. The van der Waals surface area contributed by atoms with Crippen LogP contribution in [-0.2, 0) is 17.8 Å². The fraction of sp³-hybridized carbons (Fsp3) is 0.238. The second-order valence-electron chi connectivity index (χ2n) is 6.05. The normalized spacial score (nSPS) is 10.8. The molecule has 3 nitrogen and oxygen atoms in total. The van der Waals surface area contributed by atoms with Crippen LogP contribution < -0.4 is 5.32 Å². The fourth-order valence-corrected chi connectivity index (χ4v) is 3.60. The molecule has 0 spiro atoms. The number of nitrogens with one attached hydrogen (secondary N) is 1. The number of rotatable bonds is 6. The number of hydrogen-bond donors (Lipinski definition) is 1. The number of fused-ring (bicyclic) bond motifs is 1. The molecule has 0 saturated heterocycles. The molecule has 128 valence electrons. The number of amides is 1. The van der Waals surface area contributed by atoms with E-state index < -0.39 is 0 Å². The summed E-state index contributed by atoms with van der Waals surface area (Å²) in [6, 6.07) is 18.4. The average molecular weight is 350 g/mol. The lowest BCUT2D eigenvalue weighted by atomic mass is 10.1. The minimum absolute atomic E-state index is 0.0294. The summed E-state index contributed by atoms with van der Waals surface area (Å²) in [7, 11) is 0. The molecule has 2 aromatic carbocycles. The van der Waals surface area contributed by atoms with E-state index in [1.807, 2.05) is 36.4 Å². The lowest BCUT2D eigenvalue weighted by molar-refractivity contribution is -0.118. The maximum Gasteiger partial charge on any atom is 0.230 e. The third-order valence-electron chi connectivity index (χ3n) is 4.06. The van der Waals surface area contributed by atoms with Crippen LogP contribution in [0, 0.1) is 6.92 Å². The van der Waals surface area contributed by atoms with Crippen molar-refractivity contribution in [3.63, 3.8) is 0 Å². The Bertz CT molecular complexity index is 878. The molecule has 0 atom stereocenters. The largest absolute Gasteiger partial charge is 0.351 e. The van der Waals surface area contributed by atoms with E-state index in [9.17, 15) is 4.79 Å². The number of nitrogens with zero attached hydrogens (tertiary/aromatic N) is 1. The van der Waals surface area contributed by atoms with Gasteiger partial charge in [0.1, 0.15) is 5.03 Å². The van der Waals surface area contributed by atoms with Gasteiger partial charge in [-0.25, -0.2) is 4.98 Å². The Morgan fingerprint density at radius 2 is 1.92 bits per heavy atom. The molecule has 25 heavy (non-hydrogen) atoms. The van der Waals surface area contributed by atoms with Crippen molar-refractivity contribution in [2.75, 3.05) is 5.75 Å². The van der Waals surface area contributed by atoms with Crippen LogP contribution in [0.4, 0.5) is 0 Å². The number of thioether (sulfide) groups is 1. The Morgan fingerprint density at radius 1 is 1.12 bits per heavy atom. The number of aromatic nitrogens is 1. The fourth-order valence-electron chi connectivity index (χ4n) is 2.68. The highest BCUT2D eigenvalue weighted by molar-refractivity contribution is 7.99. The van der Waals surface area contributed by atoms with E-state index in [0.29, 0.717) is 12.3 Å². The molecular formula is C21H22N2OS. The summed E-state index contributed by atoms with van der Waals surface area (Å²) in [5, 5.41) is 5.08. The van der Waals surface area contributed by atoms with E-state index in [2.05, 4.69) is 37.4 Å². The van der Waals surface area contributed by atoms with Crippen molar-refractivity contribution in [3.8, 4) is 0 Å². The summed E-state index contributed by atoms with van der Waals surface area (Å²) in [6.45, 7) is 4.77. The highest BCUT2D eigenvalue weighted by Gasteiger charge is 2.09. The van der Waals surface area contributed by atoms with Gasteiger partial charge in [0.15, 0.2) is 0 Å². The van der Waals surface area contributed by atoms with Gasteiger partial charge >= 0.3 is 0 Å². The zero-order valence-corrected chi connectivity index (χ0v) is 15.4. The lowest BCUT2D eigenvalue weighted by Crippen LogP contribution is -2.24. The molecule has 3 rings (SSSR count). The van der Waals surface area contributed by atoms with Gasteiger partial charge in [0, 0.05) is 11.9 Å². The van der Waals surface area contributed by atoms with Gasteiger partial charge in [-0.3, -0.25) is 4.79 Å². The van der Waals surface area contributed by atoms with Gasteiger partial charge in [-0.2, -0.15) is 0 Å². The van der Waals surface area contributed by atoms with Crippen LogP contribution in [0.3, 0.4) is 0 Å². The van der Waals surface area contributed by atoms with Crippen molar-refractivity contribution in [1.29, 1.82) is 0 Å². The van der Waals surface area contributed by atoms with Crippen molar-refractivity contribution in [3.05, 3.63) is 71.3 Å². The average Bonchev–Trinajstić information content (AvgIpc) is 2.64. The van der Waals surface area contributed by atoms with Crippen molar-refractivity contribution < 1.29 is 4.79 Å². The first-order valence-corrected chi connectivity index (χ1v) is 9.48. The van der Waals surface area contributed by atoms with E-state index in [4.69, 9.17) is 4.98 Å². The second-order valence-corrected chi connectivity index (χ2v) is 7.02. The molecule has 0 bridgehead atoms.